The molecule has 0 saturated carbocycles. The Morgan fingerprint density at radius 1 is 1.05 bits per heavy atom. The first-order valence-corrected chi connectivity index (χ1v) is 14.2. The molecule has 2 aromatic heterocycles. The van der Waals surface area contributed by atoms with Crippen LogP contribution in [0.3, 0.4) is 0 Å². The van der Waals surface area contributed by atoms with Crippen molar-refractivity contribution in [3.8, 4) is 28.1 Å². The summed E-state index contributed by atoms with van der Waals surface area (Å²) in [6.45, 7) is 1.63. The molecule has 2 heterocycles. The number of nitrogens with zero attached hydrogens (tertiary/aromatic N) is 3. The number of fused-ring (bicyclic) bond motifs is 1. The molecular formula is C29H24F3N5O5S. The van der Waals surface area contributed by atoms with E-state index in [-0.39, 0.29) is 22.8 Å². The number of sulfonamides is 1. The Balaban J connectivity index is 1.63. The van der Waals surface area contributed by atoms with Crippen molar-refractivity contribution in [1.29, 1.82) is 0 Å². The predicted molar refractivity (Wildman–Crippen MR) is 155 cm³/mol. The Morgan fingerprint density at radius 2 is 1.70 bits per heavy atom. The zero-order chi connectivity index (χ0) is 31.1. The van der Waals surface area contributed by atoms with Crippen LogP contribution in [-0.2, 0) is 17.1 Å². The lowest BCUT2D eigenvalue weighted by molar-refractivity contribution is 0.0697. The van der Waals surface area contributed by atoms with Crippen molar-refractivity contribution < 1.29 is 36.2 Å². The molecule has 222 valence electrons. The molecular weight excluding hydrogens is 587 g/mol. The number of aromatic nitrogens is 3. The van der Waals surface area contributed by atoms with Gasteiger partial charge in [-0.1, -0.05) is 30.3 Å². The van der Waals surface area contributed by atoms with Gasteiger partial charge in [0, 0.05) is 24.4 Å². The average Bonchev–Trinajstić information content (AvgIpc) is 3.32. The van der Waals surface area contributed by atoms with E-state index in [9.17, 15) is 31.5 Å². The highest BCUT2D eigenvalue weighted by Crippen LogP contribution is 2.40. The van der Waals surface area contributed by atoms with Crippen LogP contribution in [-0.4, -0.2) is 40.0 Å². The minimum atomic E-state index is -5.04. The molecule has 0 radical (unpaired) electrons. The predicted octanol–water partition coefficient (Wildman–Crippen LogP) is 5.83. The third kappa shape index (κ3) is 5.81. The highest BCUT2D eigenvalue weighted by Gasteiger charge is 2.27. The number of nitrogens with two attached hydrogens (primary N) is 1. The summed E-state index contributed by atoms with van der Waals surface area (Å²) in [6, 6.07) is 15.8. The number of anilines is 2. The van der Waals surface area contributed by atoms with Crippen molar-refractivity contribution in [3.63, 3.8) is 0 Å². The fourth-order valence-corrected chi connectivity index (χ4v) is 5.15. The Hall–Kier alpha value is -5.11. The number of nitrogen functional groups attached to an aromatic ring is 1. The average molecular weight is 612 g/mol. The highest BCUT2D eigenvalue weighted by molar-refractivity contribution is 7.93. The number of carbonyl (C=O) groups is 1. The van der Waals surface area contributed by atoms with E-state index in [0.717, 1.165) is 0 Å². The van der Waals surface area contributed by atoms with E-state index in [0.29, 0.717) is 38.9 Å². The highest BCUT2D eigenvalue weighted by atomic mass is 32.2. The third-order valence-corrected chi connectivity index (χ3v) is 7.69. The van der Waals surface area contributed by atoms with Crippen LogP contribution in [0.5, 0.6) is 5.75 Å². The normalized spacial score (nSPS) is 12.4. The second-order valence-corrected chi connectivity index (χ2v) is 11.2. The SMILES string of the molecule is CC(Oc1cc(-c2nn(C)c3c(-c4ccc(C(=O)O)cc4)cnc(N)c23)ccc1NS(=O)(=O)C(F)F)c1ccc(F)cc1. The van der Waals surface area contributed by atoms with Crippen LogP contribution in [0.2, 0.25) is 0 Å². The number of aryl methyl sites for hydroxylation is 1. The molecule has 4 N–H and O–H groups in total. The van der Waals surface area contributed by atoms with Crippen LogP contribution in [0.1, 0.15) is 28.9 Å². The number of nitrogens with one attached hydrogen (secondary N) is 1. The second-order valence-electron chi connectivity index (χ2n) is 9.57. The molecule has 0 fully saturated rings. The first-order chi connectivity index (χ1) is 20.4. The Kier molecular flexibility index (Phi) is 7.71. The molecule has 0 aliphatic heterocycles. The number of alkyl halides is 2. The van der Waals surface area contributed by atoms with E-state index in [1.54, 1.807) is 37.0 Å². The molecule has 0 bridgehead atoms. The molecule has 0 aliphatic carbocycles. The molecule has 0 amide bonds. The number of ether oxygens (including phenoxy) is 1. The molecule has 1 unspecified atom stereocenters. The van der Waals surface area contributed by atoms with Crippen LogP contribution in [0.25, 0.3) is 33.3 Å². The molecule has 3 aromatic carbocycles. The monoisotopic (exact) mass is 611 g/mol. The van der Waals surface area contributed by atoms with Crippen LogP contribution in [0, 0.1) is 5.82 Å². The first-order valence-electron chi connectivity index (χ1n) is 12.7. The van der Waals surface area contributed by atoms with Crippen LogP contribution < -0.4 is 15.2 Å². The number of benzene rings is 3. The second kappa shape index (κ2) is 11.3. The largest absolute Gasteiger partial charge is 0.484 e. The number of halogens is 3. The molecule has 0 spiro atoms. The van der Waals surface area contributed by atoms with Gasteiger partial charge in [-0.3, -0.25) is 9.40 Å². The zero-order valence-electron chi connectivity index (χ0n) is 22.6. The van der Waals surface area contributed by atoms with Crippen molar-refractivity contribution in [2.24, 2.45) is 7.05 Å². The smallest absolute Gasteiger partial charge is 0.355 e. The molecule has 5 rings (SSSR count). The van der Waals surface area contributed by atoms with Gasteiger partial charge in [0.05, 0.1) is 22.2 Å². The van der Waals surface area contributed by atoms with Crippen molar-refractivity contribution in [2.75, 3.05) is 10.5 Å². The van der Waals surface area contributed by atoms with Gasteiger partial charge in [0.25, 0.3) is 10.0 Å². The zero-order valence-corrected chi connectivity index (χ0v) is 23.4. The van der Waals surface area contributed by atoms with Gasteiger partial charge >= 0.3 is 11.7 Å². The van der Waals surface area contributed by atoms with E-state index < -0.39 is 33.7 Å². The summed E-state index contributed by atoms with van der Waals surface area (Å²) in [5, 5.41) is 14.3. The standard InChI is InChI=1S/C29H24F3N5O5S/c1-15(16-7-10-20(30)11-8-16)42-23-13-19(9-12-22(23)36-43(40,41)29(31)32)25-24-26(37(2)35-25)21(14-34-27(24)33)17-3-5-18(6-4-17)28(38)39/h3-15,29,36H,1-2H3,(H2,33,34)(H,38,39). The number of aromatic carboxylic acids is 1. The van der Waals surface area contributed by atoms with Gasteiger partial charge in [0.2, 0.25) is 0 Å². The Morgan fingerprint density at radius 3 is 2.33 bits per heavy atom. The van der Waals surface area contributed by atoms with E-state index >= 15 is 0 Å². The summed E-state index contributed by atoms with van der Waals surface area (Å²) in [4.78, 5) is 15.6. The molecule has 10 nitrogen and oxygen atoms in total. The number of pyridine rings is 1. The maximum Gasteiger partial charge on any atom is 0.355 e. The van der Waals surface area contributed by atoms with E-state index in [2.05, 4.69) is 10.1 Å². The number of carboxylic acid groups (broad SMARTS) is 1. The van der Waals surface area contributed by atoms with Crippen LogP contribution in [0.4, 0.5) is 24.7 Å². The van der Waals surface area contributed by atoms with Gasteiger partial charge in [0.1, 0.15) is 29.2 Å². The minimum absolute atomic E-state index is 0.0932. The number of carboxylic acids is 1. The lowest BCUT2D eigenvalue weighted by Gasteiger charge is -2.19. The Labute approximate surface area is 243 Å². The summed E-state index contributed by atoms with van der Waals surface area (Å²) in [5.74, 6) is -5.18. The minimum Gasteiger partial charge on any atom is -0.484 e. The van der Waals surface area contributed by atoms with Crippen LogP contribution >= 0.6 is 0 Å². The van der Waals surface area contributed by atoms with E-state index in [1.165, 1.54) is 54.6 Å². The van der Waals surface area contributed by atoms with E-state index in [1.807, 2.05) is 4.72 Å². The topological polar surface area (TPSA) is 149 Å². The number of rotatable bonds is 9. The van der Waals surface area contributed by atoms with Gasteiger partial charge < -0.3 is 15.6 Å². The molecule has 1 atom stereocenters. The third-order valence-electron chi connectivity index (χ3n) is 6.72. The van der Waals surface area contributed by atoms with Crippen molar-refractivity contribution >= 4 is 38.4 Å². The van der Waals surface area contributed by atoms with Crippen molar-refractivity contribution in [2.45, 2.75) is 18.8 Å². The fourth-order valence-electron chi connectivity index (χ4n) is 4.58. The summed E-state index contributed by atoms with van der Waals surface area (Å²) >= 11 is 0. The van der Waals surface area contributed by atoms with Crippen LogP contribution in [0.15, 0.2) is 72.9 Å². The molecule has 0 aliphatic rings. The molecule has 43 heavy (non-hydrogen) atoms. The lowest BCUT2D eigenvalue weighted by atomic mass is 10.0. The number of hydrogen-bond donors (Lipinski definition) is 3. The van der Waals surface area contributed by atoms with Gasteiger partial charge in [-0.25, -0.2) is 22.6 Å². The maximum atomic E-state index is 13.5. The number of hydrogen-bond acceptors (Lipinski definition) is 7. The van der Waals surface area contributed by atoms with Gasteiger partial charge in [0.15, 0.2) is 0 Å². The van der Waals surface area contributed by atoms with Crippen molar-refractivity contribution in [1.82, 2.24) is 14.8 Å². The Bertz CT molecular complexity index is 1950. The molecule has 14 heteroatoms. The summed E-state index contributed by atoms with van der Waals surface area (Å²) < 4.78 is 73.4. The fraction of sp³-hybridized carbons (Fsp3) is 0.138. The first kappa shape index (κ1) is 29.4. The summed E-state index contributed by atoms with van der Waals surface area (Å²) in [7, 11) is -3.36. The summed E-state index contributed by atoms with van der Waals surface area (Å²) in [6.07, 6.45) is 0.804. The molecule has 0 saturated heterocycles. The van der Waals surface area contributed by atoms with E-state index in [4.69, 9.17) is 10.5 Å². The van der Waals surface area contributed by atoms with Crippen molar-refractivity contribution in [3.05, 3.63) is 89.9 Å². The quantitative estimate of drug-likeness (QED) is 0.189. The molecule has 5 aromatic rings. The van der Waals surface area contributed by atoms with Gasteiger partial charge in [-0.15, -0.1) is 0 Å². The summed E-state index contributed by atoms with van der Waals surface area (Å²) in [5.41, 5.74) is 9.30. The maximum absolute atomic E-state index is 13.5. The van der Waals surface area contributed by atoms with Gasteiger partial charge in [-0.05, 0) is 54.4 Å². The van der Waals surface area contributed by atoms with Gasteiger partial charge in [-0.2, -0.15) is 13.9 Å². The lowest BCUT2D eigenvalue weighted by Crippen LogP contribution is -2.21.